The first kappa shape index (κ1) is 13.3. The SMILES string of the molecule is C[C@@H]1CN(Cc2ccccc2)CCN1Cc1ccn[nH]1. The molecule has 1 aliphatic rings. The van der Waals surface area contributed by atoms with Crippen molar-refractivity contribution in [2.75, 3.05) is 19.6 Å². The van der Waals surface area contributed by atoms with Gasteiger partial charge in [0.2, 0.25) is 0 Å². The lowest BCUT2D eigenvalue weighted by Gasteiger charge is -2.39. The minimum Gasteiger partial charge on any atom is -0.296 e. The molecule has 1 aromatic carbocycles. The number of hydrogen-bond acceptors (Lipinski definition) is 3. The molecule has 1 N–H and O–H groups in total. The number of aromatic nitrogens is 2. The van der Waals surface area contributed by atoms with Gasteiger partial charge in [-0.3, -0.25) is 14.9 Å². The third-order valence-electron chi connectivity index (χ3n) is 4.03. The standard InChI is InChI=1S/C16H22N4/c1-14-11-19(12-15-5-3-2-4-6-15)9-10-20(14)13-16-7-8-17-18-16/h2-8,14H,9-13H2,1H3,(H,17,18)/t14-/m1/s1. The molecule has 1 fully saturated rings. The molecule has 2 heterocycles. The van der Waals surface area contributed by atoms with E-state index in [-0.39, 0.29) is 0 Å². The van der Waals surface area contributed by atoms with Crippen LogP contribution >= 0.6 is 0 Å². The molecule has 20 heavy (non-hydrogen) atoms. The van der Waals surface area contributed by atoms with Crippen LogP contribution in [0.4, 0.5) is 0 Å². The Labute approximate surface area is 120 Å². The number of piperazine rings is 1. The first-order valence-corrected chi connectivity index (χ1v) is 7.30. The highest BCUT2D eigenvalue weighted by Crippen LogP contribution is 2.15. The first-order chi connectivity index (χ1) is 9.81. The maximum Gasteiger partial charge on any atom is 0.0492 e. The topological polar surface area (TPSA) is 35.2 Å². The number of benzene rings is 1. The van der Waals surface area contributed by atoms with E-state index in [0.717, 1.165) is 32.7 Å². The fourth-order valence-electron chi connectivity index (χ4n) is 2.88. The number of nitrogens with zero attached hydrogens (tertiary/aromatic N) is 3. The van der Waals surface area contributed by atoms with E-state index in [0.29, 0.717) is 6.04 Å². The molecule has 1 atom stereocenters. The Kier molecular flexibility index (Phi) is 4.14. The first-order valence-electron chi connectivity index (χ1n) is 7.30. The van der Waals surface area contributed by atoms with Crippen LogP contribution in [-0.4, -0.2) is 45.7 Å². The van der Waals surface area contributed by atoms with Crippen molar-refractivity contribution < 1.29 is 0 Å². The summed E-state index contributed by atoms with van der Waals surface area (Å²) in [5, 5.41) is 7.07. The van der Waals surface area contributed by atoms with E-state index in [1.807, 2.05) is 6.20 Å². The van der Waals surface area contributed by atoms with Gasteiger partial charge in [0.1, 0.15) is 0 Å². The molecule has 0 amide bonds. The van der Waals surface area contributed by atoms with E-state index in [4.69, 9.17) is 0 Å². The average Bonchev–Trinajstić information content (AvgIpc) is 2.96. The monoisotopic (exact) mass is 270 g/mol. The summed E-state index contributed by atoms with van der Waals surface area (Å²) < 4.78 is 0. The van der Waals surface area contributed by atoms with E-state index in [1.165, 1.54) is 11.3 Å². The van der Waals surface area contributed by atoms with Gasteiger partial charge in [0.05, 0.1) is 0 Å². The maximum atomic E-state index is 4.02. The Morgan fingerprint density at radius 2 is 2.00 bits per heavy atom. The summed E-state index contributed by atoms with van der Waals surface area (Å²) in [6.45, 7) is 7.72. The Bertz CT molecular complexity index is 509. The zero-order chi connectivity index (χ0) is 13.8. The fourth-order valence-corrected chi connectivity index (χ4v) is 2.88. The van der Waals surface area contributed by atoms with Crippen LogP contribution in [0.5, 0.6) is 0 Å². The molecule has 0 spiro atoms. The Morgan fingerprint density at radius 1 is 1.15 bits per heavy atom. The highest BCUT2D eigenvalue weighted by molar-refractivity contribution is 5.14. The molecule has 4 heteroatoms. The van der Waals surface area contributed by atoms with Crippen molar-refractivity contribution in [3.63, 3.8) is 0 Å². The molecule has 106 valence electrons. The van der Waals surface area contributed by atoms with Gasteiger partial charge in [-0.15, -0.1) is 0 Å². The van der Waals surface area contributed by atoms with Crippen LogP contribution in [0.1, 0.15) is 18.2 Å². The second kappa shape index (κ2) is 6.20. The molecule has 0 saturated carbocycles. The lowest BCUT2D eigenvalue weighted by molar-refractivity contribution is 0.0723. The van der Waals surface area contributed by atoms with Crippen LogP contribution in [0.15, 0.2) is 42.6 Å². The zero-order valence-electron chi connectivity index (χ0n) is 12.0. The van der Waals surface area contributed by atoms with Crippen LogP contribution in [0.2, 0.25) is 0 Å². The minimum atomic E-state index is 0.579. The molecule has 1 aliphatic heterocycles. The summed E-state index contributed by atoms with van der Waals surface area (Å²) in [5.74, 6) is 0. The van der Waals surface area contributed by atoms with Crippen molar-refractivity contribution in [2.24, 2.45) is 0 Å². The molecule has 0 unspecified atom stereocenters. The quantitative estimate of drug-likeness (QED) is 0.924. The average molecular weight is 270 g/mol. The largest absolute Gasteiger partial charge is 0.296 e. The van der Waals surface area contributed by atoms with Gasteiger partial charge in [0.25, 0.3) is 0 Å². The second-order valence-electron chi connectivity index (χ2n) is 5.62. The van der Waals surface area contributed by atoms with Crippen molar-refractivity contribution >= 4 is 0 Å². The smallest absolute Gasteiger partial charge is 0.0492 e. The molecular formula is C16H22N4. The molecular weight excluding hydrogens is 248 g/mol. The van der Waals surface area contributed by atoms with Crippen LogP contribution in [0.3, 0.4) is 0 Å². The Morgan fingerprint density at radius 3 is 2.70 bits per heavy atom. The summed E-state index contributed by atoms with van der Waals surface area (Å²) in [7, 11) is 0. The van der Waals surface area contributed by atoms with Crippen molar-refractivity contribution in [2.45, 2.75) is 26.1 Å². The number of nitrogens with one attached hydrogen (secondary N) is 1. The Hall–Kier alpha value is -1.65. The van der Waals surface area contributed by atoms with Crippen molar-refractivity contribution in [3.8, 4) is 0 Å². The number of hydrogen-bond donors (Lipinski definition) is 1. The van der Waals surface area contributed by atoms with E-state index in [1.54, 1.807) is 0 Å². The maximum absolute atomic E-state index is 4.02. The summed E-state index contributed by atoms with van der Waals surface area (Å²) in [6.07, 6.45) is 1.83. The van der Waals surface area contributed by atoms with Gasteiger partial charge >= 0.3 is 0 Å². The Balaban J connectivity index is 1.54. The van der Waals surface area contributed by atoms with E-state index in [2.05, 4.69) is 63.3 Å². The van der Waals surface area contributed by atoms with Gasteiger partial charge in [-0.05, 0) is 18.6 Å². The molecule has 0 radical (unpaired) electrons. The molecule has 3 rings (SSSR count). The van der Waals surface area contributed by atoms with Crippen molar-refractivity contribution in [3.05, 3.63) is 53.9 Å². The molecule has 0 aliphatic carbocycles. The van der Waals surface area contributed by atoms with E-state index < -0.39 is 0 Å². The van der Waals surface area contributed by atoms with E-state index >= 15 is 0 Å². The van der Waals surface area contributed by atoms with E-state index in [9.17, 15) is 0 Å². The predicted molar refractivity (Wildman–Crippen MR) is 80.2 cm³/mol. The lowest BCUT2D eigenvalue weighted by atomic mass is 10.1. The van der Waals surface area contributed by atoms with Gasteiger partial charge < -0.3 is 0 Å². The second-order valence-corrected chi connectivity index (χ2v) is 5.62. The van der Waals surface area contributed by atoms with Gasteiger partial charge in [0, 0.05) is 50.7 Å². The van der Waals surface area contributed by atoms with Gasteiger partial charge in [-0.1, -0.05) is 30.3 Å². The van der Waals surface area contributed by atoms with Gasteiger partial charge in [-0.25, -0.2) is 0 Å². The number of rotatable bonds is 4. The number of aromatic amines is 1. The third kappa shape index (κ3) is 3.26. The summed E-state index contributed by atoms with van der Waals surface area (Å²) >= 11 is 0. The summed E-state index contributed by atoms with van der Waals surface area (Å²) in [4.78, 5) is 5.07. The van der Waals surface area contributed by atoms with Crippen molar-refractivity contribution in [1.82, 2.24) is 20.0 Å². The minimum absolute atomic E-state index is 0.579. The molecule has 1 aromatic heterocycles. The molecule has 0 bridgehead atoms. The highest BCUT2D eigenvalue weighted by atomic mass is 15.3. The highest BCUT2D eigenvalue weighted by Gasteiger charge is 2.23. The molecule has 2 aromatic rings. The predicted octanol–water partition coefficient (Wildman–Crippen LogP) is 2.12. The zero-order valence-corrected chi connectivity index (χ0v) is 12.0. The fraction of sp³-hybridized carbons (Fsp3) is 0.438. The van der Waals surface area contributed by atoms with Crippen LogP contribution < -0.4 is 0 Å². The molecule has 4 nitrogen and oxygen atoms in total. The van der Waals surface area contributed by atoms with Gasteiger partial charge in [-0.2, -0.15) is 5.10 Å². The van der Waals surface area contributed by atoms with Gasteiger partial charge in [0.15, 0.2) is 0 Å². The molecule has 1 saturated heterocycles. The van der Waals surface area contributed by atoms with Crippen LogP contribution in [0.25, 0.3) is 0 Å². The lowest BCUT2D eigenvalue weighted by Crippen LogP contribution is -2.50. The summed E-state index contributed by atoms with van der Waals surface area (Å²) in [5.41, 5.74) is 2.61. The van der Waals surface area contributed by atoms with Crippen molar-refractivity contribution in [1.29, 1.82) is 0 Å². The summed E-state index contributed by atoms with van der Waals surface area (Å²) in [6, 6.07) is 13.4. The normalized spacial score (nSPS) is 21.1. The third-order valence-corrected chi connectivity index (χ3v) is 4.03. The van der Waals surface area contributed by atoms with Crippen LogP contribution in [0, 0.1) is 0 Å². The number of H-pyrrole nitrogens is 1. The van der Waals surface area contributed by atoms with Crippen LogP contribution in [-0.2, 0) is 13.1 Å².